The third kappa shape index (κ3) is 2.74. The maximum atomic E-state index is 12.2. The van der Waals surface area contributed by atoms with E-state index in [-0.39, 0.29) is 21.8 Å². The standard InChI is InChI=1S/C13H14N4O5S2/c1-4-2-6(12(21)22)17-10(20)7(11(17)24-4)16-9(19)8(18)5-3-23-13(14)15-5/h2-4,7-8,11,18H,1H3,(H2,14,15)(H,16,19)(H,21,22)/t4?,7?,8?,11-/m1/s1. The Morgan fingerprint density at radius 1 is 1.50 bits per heavy atom. The molecule has 9 nitrogen and oxygen atoms in total. The van der Waals surface area contributed by atoms with Crippen molar-refractivity contribution in [2.45, 2.75) is 29.7 Å². The van der Waals surface area contributed by atoms with Gasteiger partial charge >= 0.3 is 5.97 Å². The van der Waals surface area contributed by atoms with E-state index in [0.29, 0.717) is 0 Å². The van der Waals surface area contributed by atoms with E-state index >= 15 is 0 Å². The summed E-state index contributed by atoms with van der Waals surface area (Å²) in [6, 6.07) is -0.890. The van der Waals surface area contributed by atoms with Gasteiger partial charge in [0.15, 0.2) is 11.2 Å². The van der Waals surface area contributed by atoms with E-state index in [9.17, 15) is 24.6 Å². The number of aliphatic hydroxyl groups excluding tert-OH is 1. The predicted molar refractivity (Wildman–Crippen MR) is 86.8 cm³/mol. The van der Waals surface area contributed by atoms with Gasteiger partial charge in [-0.1, -0.05) is 0 Å². The predicted octanol–water partition coefficient (Wildman–Crippen LogP) is -0.484. The number of β-lactam (4-membered cyclic amide) rings is 1. The summed E-state index contributed by atoms with van der Waals surface area (Å²) < 4.78 is 0. The molecule has 4 atom stereocenters. The lowest BCUT2D eigenvalue weighted by Gasteiger charge is -2.49. The van der Waals surface area contributed by atoms with Crippen LogP contribution in [0, 0.1) is 0 Å². The molecule has 3 heterocycles. The first-order valence-electron chi connectivity index (χ1n) is 6.92. The molecule has 0 spiro atoms. The minimum atomic E-state index is -1.54. The summed E-state index contributed by atoms with van der Waals surface area (Å²) in [5.41, 5.74) is 5.48. The van der Waals surface area contributed by atoms with Gasteiger partial charge in [0.2, 0.25) is 0 Å². The number of rotatable bonds is 4. The van der Waals surface area contributed by atoms with Crippen molar-refractivity contribution in [1.29, 1.82) is 0 Å². The van der Waals surface area contributed by atoms with Gasteiger partial charge in [0.25, 0.3) is 11.8 Å². The van der Waals surface area contributed by atoms with Crippen molar-refractivity contribution in [2.75, 3.05) is 5.73 Å². The van der Waals surface area contributed by atoms with Gasteiger partial charge in [0, 0.05) is 10.6 Å². The number of aliphatic hydroxyl groups is 1. The maximum Gasteiger partial charge on any atom is 0.352 e. The van der Waals surface area contributed by atoms with E-state index in [1.807, 2.05) is 0 Å². The zero-order valence-corrected chi connectivity index (χ0v) is 14.0. The number of carbonyl (C=O) groups excluding carboxylic acids is 2. The summed E-state index contributed by atoms with van der Waals surface area (Å²) in [6.45, 7) is 1.81. The molecule has 0 aromatic carbocycles. The number of nitrogen functional groups attached to an aromatic ring is 1. The molecule has 2 amide bonds. The quantitative estimate of drug-likeness (QED) is 0.520. The van der Waals surface area contributed by atoms with Crippen molar-refractivity contribution in [3.8, 4) is 0 Å². The molecule has 24 heavy (non-hydrogen) atoms. The molecule has 3 unspecified atom stereocenters. The van der Waals surface area contributed by atoms with Gasteiger partial charge in [-0.25, -0.2) is 9.78 Å². The van der Waals surface area contributed by atoms with Crippen LogP contribution in [0.1, 0.15) is 18.7 Å². The molecule has 1 aromatic rings. The molecule has 0 aliphatic carbocycles. The number of nitrogens with one attached hydrogen (secondary N) is 1. The van der Waals surface area contributed by atoms with Gasteiger partial charge in [0.1, 0.15) is 17.1 Å². The first-order chi connectivity index (χ1) is 11.3. The zero-order chi connectivity index (χ0) is 17.6. The molecule has 2 aliphatic rings. The minimum Gasteiger partial charge on any atom is -0.477 e. The lowest BCUT2D eigenvalue weighted by molar-refractivity contribution is -0.151. The highest BCUT2D eigenvalue weighted by molar-refractivity contribution is 8.00. The molecule has 2 aliphatic heterocycles. The lowest BCUT2D eigenvalue weighted by atomic mass is 10.0. The van der Waals surface area contributed by atoms with Gasteiger partial charge in [-0.3, -0.25) is 14.5 Å². The SMILES string of the molecule is CC1C=C(C(=O)O)N2C(=O)C(NC(=O)C(O)c3csc(N)n3)[C@H]2S1. The number of aliphatic carboxylic acids is 1. The molecule has 1 fully saturated rings. The average molecular weight is 370 g/mol. The van der Waals surface area contributed by atoms with Crippen LogP contribution < -0.4 is 11.1 Å². The topological polar surface area (TPSA) is 146 Å². The molecule has 128 valence electrons. The Kier molecular flexibility index (Phi) is 4.24. The highest BCUT2D eigenvalue weighted by Crippen LogP contribution is 2.40. The van der Waals surface area contributed by atoms with Gasteiger partial charge < -0.3 is 21.3 Å². The van der Waals surface area contributed by atoms with Crippen LogP contribution in [-0.4, -0.2) is 54.5 Å². The van der Waals surface area contributed by atoms with E-state index in [2.05, 4.69) is 10.3 Å². The first-order valence-corrected chi connectivity index (χ1v) is 8.75. The summed E-state index contributed by atoms with van der Waals surface area (Å²) in [6.07, 6.45) is -0.0484. The van der Waals surface area contributed by atoms with Crippen LogP contribution in [0.4, 0.5) is 5.13 Å². The number of thioether (sulfide) groups is 1. The molecule has 0 saturated carbocycles. The van der Waals surface area contributed by atoms with Crippen molar-refractivity contribution in [3.63, 3.8) is 0 Å². The summed E-state index contributed by atoms with van der Waals surface area (Å²) in [4.78, 5) is 40.5. The molecule has 11 heteroatoms. The molecule has 1 aromatic heterocycles. The molecule has 3 rings (SSSR count). The van der Waals surface area contributed by atoms with Crippen LogP contribution >= 0.6 is 23.1 Å². The Morgan fingerprint density at radius 2 is 2.21 bits per heavy atom. The number of carboxylic acid groups (broad SMARTS) is 1. The molecule has 0 bridgehead atoms. The number of aromatic nitrogens is 1. The monoisotopic (exact) mass is 370 g/mol. The number of hydrogen-bond donors (Lipinski definition) is 4. The van der Waals surface area contributed by atoms with Crippen LogP contribution in [0.15, 0.2) is 17.2 Å². The fourth-order valence-electron chi connectivity index (χ4n) is 2.52. The Balaban J connectivity index is 1.71. The highest BCUT2D eigenvalue weighted by Gasteiger charge is 2.54. The van der Waals surface area contributed by atoms with E-state index in [4.69, 9.17) is 5.73 Å². The number of hydrogen-bond acceptors (Lipinski definition) is 8. The van der Waals surface area contributed by atoms with Crippen LogP contribution in [0.25, 0.3) is 0 Å². The van der Waals surface area contributed by atoms with Crippen molar-refractivity contribution in [1.82, 2.24) is 15.2 Å². The molecule has 1 saturated heterocycles. The van der Waals surface area contributed by atoms with Crippen LogP contribution in [0.5, 0.6) is 0 Å². The van der Waals surface area contributed by atoms with Gasteiger partial charge in [-0.05, 0) is 13.0 Å². The number of carboxylic acids is 1. The summed E-state index contributed by atoms with van der Waals surface area (Å²) >= 11 is 2.44. The van der Waals surface area contributed by atoms with Crippen LogP contribution in [0.2, 0.25) is 0 Å². The highest BCUT2D eigenvalue weighted by atomic mass is 32.2. The van der Waals surface area contributed by atoms with E-state index in [1.165, 1.54) is 23.2 Å². The third-order valence-corrected chi connectivity index (χ3v) is 5.65. The van der Waals surface area contributed by atoms with E-state index < -0.39 is 35.3 Å². The van der Waals surface area contributed by atoms with Crippen LogP contribution in [-0.2, 0) is 14.4 Å². The Bertz CT molecular complexity index is 748. The van der Waals surface area contributed by atoms with Gasteiger partial charge in [0.05, 0.1) is 5.69 Å². The minimum absolute atomic E-state index is 0.0884. The number of amides is 2. The van der Waals surface area contributed by atoms with E-state index in [1.54, 1.807) is 6.92 Å². The van der Waals surface area contributed by atoms with E-state index in [0.717, 1.165) is 16.2 Å². The summed E-state index contributed by atoms with van der Waals surface area (Å²) in [7, 11) is 0. The van der Waals surface area contributed by atoms with Crippen molar-refractivity contribution >= 4 is 46.0 Å². The lowest BCUT2D eigenvalue weighted by Crippen LogP contribution is -2.70. The Morgan fingerprint density at radius 3 is 2.79 bits per heavy atom. The molecular weight excluding hydrogens is 356 g/mol. The largest absolute Gasteiger partial charge is 0.477 e. The normalized spacial score (nSPS) is 26.9. The molecular formula is C13H14N4O5S2. The van der Waals surface area contributed by atoms with Crippen molar-refractivity contribution in [3.05, 3.63) is 22.8 Å². The number of anilines is 1. The first kappa shape index (κ1) is 16.7. The number of fused-ring (bicyclic) bond motifs is 1. The Hall–Kier alpha value is -2.11. The fraction of sp³-hybridized carbons (Fsp3) is 0.385. The number of nitrogens with two attached hydrogens (primary N) is 1. The van der Waals surface area contributed by atoms with Gasteiger partial charge in [-0.2, -0.15) is 0 Å². The second kappa shape index (κ2) is 6.07. The number of carbonyl (C=O) groups is 3. The van der Waals surface area contributed by atoms with Gasteiger partial charge in [-0.15, -0.1) is 23.1 Å². The Labute approximate surface area is 144 Å². The average Bonchev–Trinajstić information content (AvgIpc) is 2.96. The third-order valence-electron chi connectivity index (χ3n) is 3.63. The zero-order valence-electron chi connectivity index (χ0n) is 12.4. The summed E-state index contributed by atoms with van der Waals surface area (Å²) in [5.74, 6) is -2.49. The second-order valence-corrected chi connectivity index (χ2v) is 7.68. The summed E-state index contributed by atoms with van der Waals surface area (Å²) in [5, 5.41) is 22.7. The van der Waals surface area contributed by atoms with Crippen molar-refractivity contribution < 1.29 is 24.6 Å². The molecule has 0 radical (unpaired) electrons. The fourth-order valence-corrected chi connectivity index (χ4v) is 4.43. The number of thiazole rings is 1. The van der Waals surface area contributed by atoms with Crippen LogP contribution in [0.3, 0.4) is 0 Å². The maximum absolute atomic E-state index is 12.2. The second-order valence-electron chi connectivity index (χ2n) is 5.30. The molecule has 5 N–H and O–H groups in total. The smallest absolute Gasteiger partial charge is 0.352 e. The van der Waals surface area contributed by atoms with Crippen molar-refractivity contribution in [2.24, 2.45) is 0 Å². The number of nitrogens with zero attached hydrogens (tertiary/aromatic N) is 2.